The smallest absolute Gasteiger partial charge is 0.308 e. The van der Waals surface area contributed by atoms with Crippen LogP contribution in [0.25, 0.3) is 0 Å². The lowest BCUT2D eigenvalue weighted by atomic mass is 9.94. The van der Waals surface area contributed by atoms with Crippen LogP contribution in [-0.2, 0) is 38.1 Å². The summed E-state index contributed by atoms with van der Waals surface area (Å²) in [6, 6.07) is 0. The zero-order valence-electron chi connectivity index (χ0n) is 40.5. The van der Waals surface area contributed by atoms with Crippen LogP contribution in [0.1, 0.15) is 240 Å². The molecule has 1 N–H and O–H groups in total. The summed E-state index contributed by atoms with van der Waals surface area (Å²) in [5, 5.41) is 9.27. The van der Waals surface area contributed by atoms with Gasteiger partial charge in [-0.25, -0.2) is 0 Å². The van der Waals surface area contributed by atoms with Crippen LogP contribution in [0.2, 0.25) is 0 Å². The molecule has 0 radical (unpaired) electrons. The Balaban J connectivity index is 4.64. The highest BCUT2D eigenvalue weighted by Gasteiger charge is 2.22. The number of aliphatic hydroxyl groups excluding tert-OH is 1. The summed E-state index contributed by atoms with van der Waals surface area (Å²) in [6.45, 7) is 10.6. The van der Waals surface area contributed by atoms with E-state index in [1.807, 2.05) is 11.9 Å². The van der Waals surface area contributed by atoms with Crippen molar-refractivity contribution in [3.05, 3.63) is 0 Å². The summed E-state index contributed by atoms with van der Waals surface area (Å²) < 4.78 is 22.8. The molecule has 10 heteroatoms. The van der Waals surface area contributed by atoms with Gasteiger partial charge in [0.05, 0.1) is 25.0 Å². The minimum absolute atomic E-state index is 0.0125. The number of unbranched alkanes of at least 4 members (excludes halogenated alkanes) is 20. The Kier molecular flexibility index (Phi) is 42.8. The number of ether oxygens (including phenoxy) is 4. The quantitative estimate of drug-likeness (QED) is 0.0359. The van der Waals surface area contributed by atoms with E-state index in [1.165, 1.54) is 89.9 Å². The summed E-state index contributed by atoms with van der Waals surface area (Å²) in [4.78, 5) is 53.4. The Bertz CT molecular complexity index is 1020. The molecule has 0 saturated heterocycles. The average molecular weight is 868 g/mol. The van der Waals surface area contributed by atoms with E-state index in [9.17, 15) is 24.3 Å². The Morgan fingerprint density at radius 2 is 0.836 bits per heavy atom. The van der Waals surface area contributed by atoms with Gasteiger partial charge in [-0.15, -0.1) is 0 Å². The predicted molar refractivity (Wildman–Crippen MR) is 249 cm³/mol. The lowest BCUT2D eigenvalue weighted by molar-refractivity contribution is -0.160. The normalized spacial score (nSPS) is 12.9. The first kappa shape index (κ1) is 58.8. The molecular formula is C51H97NO9. The van der Waals surface area contributed by atoms with E-state index < -0.39 is 6.10 Å². The number of likely N-dealkylation sites (N-methyl/N-ethyl adjacent to an activating group) is 1. The van der Waals surface area contributed by atoms with E-state index in [2.05, 4.69) is 27.7 Å². The van der Waals surface area contributed by atoms with Crippen molar-refractivity contribution in [3.8, 4) is 0 Å². The number of hydrogen-bond acceptors (Lipinski definition) is 10. The molecule has 0 aromatic heterocycles. The topological polar surface area (TPSA) is 129 Å². The second-order valence-corrected chi connectivity index (χ2v) is 17.8. The molecular weight excluding hydrogens is 771 g/mol. The van der Waals surface area contributed by atoms with E-state index in [0.717, 1.165) is 77.0 Å². The van der Waals surface area contributed by atoms with E-state index in [1.54, 1.807) is 0 Å². The van der Waals surface area contributed by atoms with Crippen molar-refractivity contribution in [3.63, 3.8) is 0 Å². The van der Waals surface area contributed by atoms with Crippen LogP contribution in [0.15, 0.2) is 0 Å². The van der Waals surface area contributed by atoms with E-state index in [-0.39, 0.29) is 61.8 Å². The monoisotopic (exact) mass is 868 g/mol. The first-order valence-corrected chi connectivity index (χ1v) is 25.7. The van der Waals surface area contributed by atoms with Gasteiger partial charge in [0.25, 0.3) is 0 Å². The van der Waals surface area contributed by atoms with Gasteiger partial charge in [0.2, 0.25) is 0 Å². The van der Waals surface area contributed by atoms with Crippen LogP contribution >= 0.6 is 0 Å². The molecule has 0 aliphatic carbocycles. The minimum Gasteiger partial charge on any atom is -0.465 e. The number of carbonyl (C=O) groups excluding carboxylic acids is 4. The Morgan fingerprint density at radius 1 is 0.459 bits per heavy atom. The van der Waals surface area contributed by atoms with Crippen LogP contribution in [0.3, 0.4) is 0 Å². The van der Waals surface area contributed by atoms with Gasteiger partial charge in [-0.3, -0.25) is 19.2 Å². The molecule has 0 heterocycles. The zero-order chi connectivity index (χ0) is 45.0. The van der Waals surface area contributed by atoms with Crippen molar-refractivity contribution in [2.75, 3.05) is 46.6 Å². The molecule has 10 nitrogen and oxygen atoms in total. The van der Waals surface area contributed by atoms with E-state index in [4.69, 9.17) is 18.9 Å². The van der Waals surface area contributed by atoms with E-state index >= 15 is 0 Å². The first-order valence-electron chi connectivity index (χ1n) is 25.7. The van der Waals surface area contributed by atoms with Crippen molar-refractivity contribution < 1.29 is 43.2 Å². The average Bonchev–Trinajstić information content (AvgIpc) is 3.25. The number of hydrogen-bond donors (Lipinski definition) is 1. The van der Waals surface area contributed by atoms with Gasteiger partial charge in [0.15, 0.2) is 0 Å². The fraction of sp³-hybridized carbons (Fsp3) is 0.922. The molecule has 3 atom stereocenters. The van der Waals surface area contributed by atoms with Crippen molar-refractivity contribution in [2.45, 2.75) is 246 Å². The lowest BCUT2D eigenvalue weighted by Gasteiger charge is -2.24. The van der Waals surface area contributed by atoms with Gasteiger partial charge in [0, 0.05) is 32.5 Å². The standard InChI is InChI=1S/C51H97NO9/c1-6-10-14-18-20-26-35-45(33-24-16-12-8-3)50(56)58-41-30-22-28-37-48(54)60-44-47(43-52(5)39-32-40-53)61-49(55)38-29-23-31-42-59-51(57)46(34-25-17-13-9-4)36-27-21-19-15-11-7-2/h45-47,53H,6-44H2,1-5H3/t45?,46-,47?/m0/s1. The van der Waals surface area contributed by atoms with Crippen LogP contribution in [-0.4, -0.2) is 86.6 Å². The van der Waals surface area contributed by atoms with Gasteiger partial charge in [-0.05, 0) is 77.7 Å². The fourth-order valence-corrected chi connectivity index (χ4v) is 7.82. The molecule has 0 saturated carbocycles. The molecule has 0 aliphatic heterocycles. The van der Waals surface area contributed by atoms with Gasteiger partial charge in [-0.2, -0.15) is 0 Å². The highest BCUT2D eigenvalue weighted by molar-refractivity contribution is 5.73. The third kappa shape index (κ3) is 38.0. The van der Waals surface area contributed by atoms with Crippen LogP contribution in [0.4, 0.5) is 0 Å². The first-order chi connectivity index (χ1) is 29.7. The lowest BCUT2D eigenvalue weighted by Crippen LogP contribution is -2.37. The summed E-state index contributed by atoms with van der Waals surface area (Å²) in [5.41, 5.74) is 0. The van der Waals surface area contributed by atoms with Crippen molar-refractivity contribution >= 4 is 23.9 Å². The van der Waals surface area contributed by atoms with Gasteiger partial charge in [-0.1, -0.05) is 156 Å². The maximum absolute atomic E-state index is 13.0. The minimum atomic E-state index is -0.618. The maximum Gasteiger partial charge on any atom is 0.308 e. The molecule has 61 heavy (non-hydrogen) atoms. The summed E-state index contributed by atoms with van der Waals surface area (Å²) in [6.07, 6.45) is 32.0. The third-order valence-corrected chi connectivity index (χ3v) is 11.8. The van der Waals surface area contributed by atoms with Gasteiger partial charge >= 0.3 is 23.9 Å². The number of rotatable bonds is 46. The molecule has 360 valence electrons. The fourth-order valence-electron chi connectivity index (χ4n) is 7.82. The number of aliphatic hydroxyl groups is 1. The predicted octanol–water partition coefficient (Wildman–Crippen LogP) is 12.6. The maximum atomic E-state index is 13.0. The molecule has 0 bridgehead atoms. The second kappa shape index (κ2) is 44.4. The van der Waals surface area contributed by atoms with Crippen molar-refractivity contribution in [2.24, 2.45) is 11.8 Å². The Hall–Kier alpha value is -2.20. The second-order valence-electron chi connectivity index (χ2n) is 17.8. The molecule has 0 amide bonds. The van der Waals surface area contributed by atoms with Crippen LogP contribution in [0, 0.1) is 11.8 Å². The largest absolute Gasteiger partial charge is 0.465 e. The van der Waals surface area contributed by atoms with Gasteiger partial charge in [0.1, 0.15) is 12.7 Å². The third-order valence-electron chi connectivity index (χ3n) is 11.8. The molecule has 0 aromatic rings. The number of nitrogens with zero attached hydrogens (tertiary/aromatic N) is 1. The van der Waals surface area contributed by atoms with Crippen LogP contribution in [0.5, 0.6) is 0 Å². The number of carbonyl (C=O) groups is 4. The van der Waals surface area contributed by atoms with Crippen LogP contribution < -0.4 is 0 Å². The highest BCUT2D eigenvalue weighted by atomic mass is 16.6. The molecule has 0 spiro atoms. The zero-order valence-corrected chi connectivity index (χ0v) is 40.5. The molecule has 2 unspecified atom stereocenters. The Morgan fingerprint density at radius 3 is 1.26 bits per heavy atom. The molecule has 0 rings (SSSR count). The molecule has 0 aliphatic rings. The SMILES string of the molecule is CCCCCCCCC(CCCCCC)C(=O)OCCCCCC(=O)OCC(CN(C)CCCO)OC(=O)CCCCCOC(=O)[C@@H](CCCCCC)CCCCCCCC. The molecule has 0 fully saturated rings. The van der Waals surface area contributed by atoms with E-state index in [0.29, 0.717) is 58.4 Å². The number of esters is 4. The summed E-state index contributed by atoms with van der Waals surface area (Å²) in [7, 11) is 1.89. The van der Waals surface area contributed by atoms with Gasteiger partial charge < -0.3 is 29.0 Å². The molecule has 0 aromatic carbocycles. The summed E-state index contributed by atoms with van der Waals surface area (Å²) >= 11 is 0. The summed E-state index contributed by atoms with van der Waals surface area (Å²) in [5.74, 6) is -0.843. The van der Waals surface area contributed by atoms with Crippen molar-refractivity contribution in [1.29, 1.82) is 0 Å². The van der Waals surface area contributed by atoms with Crippen molar-refractivity contribution in [1.82, 2.24) is 4.90 Å². The Labute approximate surface area is 375 Å². The highest BCUT2D eigenvalue weighted by Crippen LogP contribution is 2.22.